The van der Waals surface area contributed by atoms with Gasteiger partial charge in [-0.05, 0) is 25.0 Å². The van der Waals surface area contributed by atoms with E-state index in [0.717, 1.165) is 18.9 Å². The van der Waals surface area contributed by atoms with Crippen LogP contribution in [0.25, 0.3) is 10.9 Å². The van der Waals surface area contributed by atoms with Crippen molar-refractivity contribution in [1.29, 1.82) is 0 Å². The molecule has 1 aromatic heterocycles. The van der Waals surface area contributed by atoms with E-state index >= 15 is 0 Å². The predicted molar refractivity (Wildman–Crippen MR) is 94.4 cm³/mol. The Balaban J connectivity index is 1.78. The SMILES string of the molecule is NN1CCN(Nc2cc3c(cc2F)c(=O)c(C(=O)O)cn3C2CC2)CC1. The Morgan fingerprint density at radius 2 is 1.92 bits per heavy atom. The number of hydrogen-bond donors (Lipinski definition) is 3. The van der Waals surface area contributed by atoms with Gasteiger partial charge in [0.05, 0.1) is 11.2 Å². The van der Waals surface area contributed by atoms with Crippen molar-refractivity contribution in [3.63, 3.8) is 0 Å². The minimum atomic E-state index is -1.30. The van der Waals surface area contributed by atoms with Crippen molar-refractivity contribution in [2.75, 3.05) is 31.6 Å². The van der Waals surface area contributed by atoms with Gasteiger partial charge in [-0.15, -0.1) is 0 Å². The van der Waals surface area contributed by atoms with Gasteiger partial charge in [0.15, 0.2) is 0 Å². The van der Waals surface area contributed by atoms with E-state index in [9.17, 15) is 19.1 Å². The average Bonchev–Trinajstić information content (AvgIpc) is 3.43. The minimum Gasteiger partial charge on any atom is -0.477 e. The van der Waals surface area contributed by atoms with E-state index in [1.165, 1.54) is 6.20 Å². The van der Waals surface area contributed by atoms with Gasteiger partial charge in [0.25, 0.3) is 0 Å². The summed E-state index contributed by atoms with van der Waals surface area (Å²) in [5, 5.41) is 12.9. The Hall–Kier alpha value is -2.49. The summed E-state index contributed by atoms with van der Waals surface area (Å²) in [7, 11) is 0. The van der Waals surface area contributed by atoms with Crippen LogP contribution in [0.3, 0.4) is 0 Å². The number of nitrogens with two attached hydrogens (primary N) is 1. The number of aromatic nitrogens is 1. The molecule has 1 aliphatic carbocycles. The molecular formula is C17H20FN5O3. The second-order valence-electron chi connectivity index (χ2n) is 6.80. The molecule has 2 aliphatic rings. The third-order valence-corrected chi connectivity index (χ3v) is 4.88. The number of carboxylic acids is 1. The first kappa shape index (κ1) is 17.0. The zero-order chi connectivity index (χ0) is 18.4. The molecule has 1 aliphatic heterocycles. The van der Waals surface area contributed by atoms with E-state index in [1.807, 2.05) is 5.01 Å². The minimum absolute atomic E-state index is 0.0895. The lowest BCUT2D eigenvalue weighted by Gasteiger charge is -2.32. The molecule has 1 aromatic carbocycles. The normalized spacial score (nSPS) is 19.0. The van der Waals surface area contributed by atoms with E-state index in [2.05, 4.69) is 5.43 Å². The molecule has 0 atom stereocenters. The van der Waals surface area contributed by atoms with Crippen molar-refractivity contribution in [1.82, 2.24) is 14.6 Å². The molecule has 9 heteroatoms. The number of rotatable bonds is 4. The van der Waals surface area contributed by atoms with Gasteiger partial charge in [-0.1, -0.05) is 0 Å². The van der Waals surface area contributed by atoms with Crippen LogP contribution in [-0.2, 0) is 0 Å². The number of carbonyl (C=O) groups is 1. The Bertz CT molecular complexity index is 932. The van der Waals surface area contributed by atoms with Crippen LogP contribution < -0.4 is 16.7 Å². The maximum absolute atomic E-state index is 14.6. The molecule has 8 nitrogen and oxygen atoms in total. The number of benzene rings is 1. The van der Waals surface area contributed by atoms with Crippen molar-refractivity contribution in [2.45, 2.75) is 18.9 Å². The van der Waals surface area contributed by atoms with Crippen molar-refractivity contribution >= 4 is 22.6 Å². The topological polar surface area (TPSA) is 104 Å². The second kappa shape index (κ2) is 6.35. The highest BCUT2D eigenvalue weighted by molar-refractivity contribution is 5.93. The number of nitrogens with zero attached hydrogens (tertiary/aromatic N) is 3. The van der Waals surface area contributed by atoms with Crippen LogP contribution in [0.2, 0.25) is 0 Å². The summed E-state index contributed by atoms with van der Waals surface area (Å²) in [5.41, 5.74) is 2.87. The molecule has 2 heterocycles. The number of anilines is 1. The van der Waals surface area contributed by atoms with Gasteiger partial charge in [-0.3, -0.25) is 10.6 Å². The maximum atomic E-state index is 14.6. The van der Waals surface area contributed by atoms with Crippen LogP contribution in [0.1, 0.15) is 29.2 Å². The Kier molecular flexibility index (Phi) is 4.14. The zero-order valence-electron chi connectivity index (χ0n) is 14.1. The Morgan fingerprint density at radius 1 is 1.23 bits per heavy atom. The number of fused-ring (bicyclic) bond motifs is 1. The number of piperazine rings is 1. The molecular weight excluding hydrogens is 341 g/mol. The molecule has 1 saturated carbocycles. The number of hydrogen-bond acceptors (Lipinski definition) is 6. The molecule has 0 spiro atoms. The van der Waals surface area contributed by atoms with Gasteiger partial charge in [0, 0.05) is 43.8 Å². The number of halogens is 1. The molecule has 0 bridgehead atoms. The summed E-state index contributed by atoms with van der Waals surface area (Å²) in [4.78, 5) is 23.8. The maximum Gasteiger partial charge on any atom is 0.341 e. The van der Waals surface area contributed by atoms with E-state index in [1.54, 1.807) is 15.6 Å². The highest BCUT2D eigenvalue weighted by Gasteiger charge is 2.27. The molecule has 26 heavy (non-hydrogen) atoms. The largest absolute Gasteiger partial charge is 0.477 e. The standard InChI is InChI=1S/C17H20FN5O3/c18-13-7-11-15(8-14(13)20-22-5-3-21(19)4-6-22)23(10-1-2-10)9-12(16(11)24)17(25)26/h7-10,20H,1-6,19H2,(H,25,26). The quantitative estimate of drug-likeness (QED) is 0.698. The van der Waals surface area contributed by atoms with Crippen LogP contribution in [0.4, 0.5) is 10.1 Å². The average molecular weight is 361 g/mol. The number of carboxylic acid groups (broad SMARTS) is 1. The molecule has 2 aromatic rings. The summed E-state index contributed by atoms with van der Waals surface area (Å²) >= 11 is 0. The lowest BCUT2D eigenvalue weighted by atomic mass is 10.1. The smallest absolute Gasteiger partial charge is 0.341 e. The molecule has 138 valence electrons. The fourth-order valence-electron chi connectivity index (χ4n) is 3.27. The van der Waals surface area contributed by atoms with Crippen LogP contribution in [0, 0.1) is 5.82 Å². The van der Waals surface area contributed by atoms with Crippen LogP contribution in [0.15, 0.2) is 23.1 Å². The van der Waals surface area contributed by atoms with Gasteiger partial charge < -0.3 is 15.1 Å². The van der Waals surface area contributed by atoms with Crippen LogP contribution in [0.5, 0.6) is 0 Å². The highest BCUT2D eigenvalue weighted by atomic mass is 19.1. The molecule has 0 radical (unpaired) electrons. The van der Waals surface area contributed by atoms with E-state index in [0.29, 0.717) is 31.7 Å². The Morgan fingerprint density at radius 3 is 2.54 bits per heavy atom. The lowest BCUT2D eigenvalue weighted by Crippen LogP contribution is -2.51. The van der Waals surface area contributed by atoms with E-state index in [4.69, 9.17) is 5.84 Å². The van der Waals surface area contributed by atoms with Gasteiger partial charge in [-0.25, -0.2) is 19.2 Å². The van der Waals surface area contributed by atoms with Gasteiger partial charge in [0.2, 0.25) is 5.43 Å². The molecule has 0 amide bonds. The molecule has 2 fully saturated rings. The van der Waals surface area contributed by atoms with Crippen molar-refractivity contribution in [3.8, 4) is 0 Å². The molecule has 4 N–H and O–H groups in total. The van der Waals surface area contributed by atoms with Gasteiger partial charge in [0.1, 0.15) is 11.4 Å². The number of hydrazine groups is 2. The first-order chi connectivity index (χ1) is 12.4. The summed E-state index contributed by atoms with van der Waals surface area (Å²) < 4.78 is 16.4. The monoisotopic (exact) mass is 361 g/mol. The number of aromatic carboxylic acids is 1. The summed E-state index contributed by atoms with van der Waals surface area (Å²) in [5.74, 6) is 3.84. The fraction of sp³-hybridized carbons (Fsp3) is 0.412. The fourth-order valence-corrected chi connectivity index (χ4v) is 3.27. The number of pyridine rings is 1. The predicted octanol–water partition coefficient (Wildman–Crippen LogP) is 0.992. The third-order valence-electron chi connectivity index (χ3n) is 4.88. The third kappa shape index (κ3) is 3.05. The molecule has 4 rings (SSSR count). The molecule has 0 unspecified atom stereocenters. The summed E-state index contributed by atoms with van der Waals surface area (Å²) in [6.07, 6.45) is 3.20. The van der Waals surface area contributed by atoms with Crippen LogP contribution >= 0.6 is 0 Å². The second-order valence-corrected chi connectivity index (χ2v) is 6.80. The van der Waals surface area contributed by atoms with Crippen molar-refractivity contribution in [3.05, 3.63) is 39.9 Å². The van der Waals surface area contributed by atoms with E-state index in [-0.39, 0.29) is 22.7 Å². The Labute approximate surface area is 148 Å². The summed E-state index contributed by atoms with van der Waals surface area (Å²) in [6.45, 7) is 2.61. The number of nitrogens with one attached hydrogen (secondary N) is 1. The highest BCUT2D eigenvalue weighted by Crippen LogP contribution is 2.37. The zero-order valence-corrected chi connectivity index (χ0v) is 14.1. The molecule has 1 saturated heterocycles. The van der Waals surface area contributed by atoms with Crippen molar-refractivity contribution < 1.29 is 14.3 Å². The van der Waals surface area contributed by atoms with Crippen LogP contribution in [-0.4, -0.2) is 51.8 Å². The van der Waals surface area contributed by atoms with Crippen molar-refractivity contribution in [2.24, 2.45) is 5.84 Å². The van der Waals surface area contributed by atoms with Gasteiger partial charge in [-0.2, -0.15) is 0 Å². The van der Waals surface area contributed by atoms with Gasteiger partial charge >= 0.3 is 5.97 Å². The lowest BCUT2D eigenvalue weighted by molar-refractivity contribution is 0.0695. The summed E-state index contributed by atoms with van der Waals surface area (Å²) in [6, 6.07) is 2.87. The first-order valence-corrected chi connectivity index (χ1v) is 8.57. The first-order valence-electron chi connectivity index (χ1n) is 8.57. The van der Waals surface area contributed by atoms with E-state index < -0.39 is 17.2 Å².